The van der Waals surface area contributed by atoms with Crippen molar-refractivity contribution >= 4 is 23.5 Å². The number of hydrogen-bond acceptors (Lipinski definition) is 2. The zero-order valence-corrected chi connectivity index (χ0v) is 10.0. The fourth-order valence-corrected chi connectivity index (χ4v) is 1.35. The number of carbonyl (C=O) groups excluding carboxylic acids is 1. The zero-order valence-electron chi connectivity index (χ0n) is 9.28. The van der Waals surface area contributed by atoms with E-state index < -0.39 is 29.4 Å². The smallest absolute Gasteiger partial charge is 0.349 e. The molecule has 0 aliphatic carbocycles. The van der Waals surface area contributed by atoms with E-state index in [0.29, 0.717) is 0 Å². The maximum absolute atomic E-state index is 13.7. The lowest BCUT2D eigenvalue weighted by Gasteiger charge is -2.18. The summed E-state index contributed by atoms with van der Waals surface area (Å²) in [6.45, 7) is 1.09. The highest BCUT2D eigenvalue weighted by atomic mass is 35.5. The van der Waals surface area contributed by atoms with Crippen molar-refractivity contribution in [3.63, 3.8) is 0 Å². The topological polar surface area (TPSA) is 66.4 Å². The summed E-state index contributed by atoms with van der Waals surface area (Å²) in [5.41, 5.74) is -0.593. The second-order valence-electron chi connectivity index (χ2n) is 3.62. The van der Waals surface area contributed by atoms with E-state index >= 15 is 0 Å². The van der Waals surface area contributed by atoms with E-state index in [-0.39, 0.29) is 5.02 Å². The monoisotopic (exact) mass is 277 g/mol. The summed E-state index contributed by atoms with van der Waals surface area (Å²) < 4.78 is 27.4. The van der Waals surface area contributed by atoms with Gasteiger partial charge in [-0.25, -0.2) is 0 Å². The predicted molar refractivity (Wildman–Crippen MR) is 60.6 cm³/mol. The van der Waals surface area contributed by atoms with Crippen molar-refractivity contribution in [3.05, 3.63) is 34.9 Å². The summed E-state index contributed by atoms with van der Waals surface area (Å²) >= 11 is 5.55. The lowest BCUT2D eigenvalue weighted by Crippen LogP contribution is -2.45. The molecule has 0 heterocycles. The van der Waals surface area contributed by atoms with E-state index in [4.69, 9.17) is 16.7 Å². The van der Waals surface area contributed by atoms with Gasteiger partial charge in [-0.05, 0) is 19.1 Å². The van der Waals surface area contributed by atoms with Gasteiger partial charge in [0.05, 0.1) is 0 Å². The van der Waals surface area contributed by atoms with Gasteiger partial charge in [0.1, 0.15) is 6.04 Å². The molecule has 7 heteroatoms. The second-order valence-corrected chi connectivity index (χ2v) is 4.05. The van der Waals surface area contributed by atoms with Gasteiger partial charge < -0.3 is 10.4 Å². The molecule has 0 radical (unpaired) electrons. The van der Waals surface area contributed by atoms with Gasteiger partial charge >= 0.3 is 11.9 Å². The summed E-state index contributed by atoms with van der Waals surface area (Å²) in [7, 11) is 0. The average Bonchev–Trinajstić information content (AvgIpc) is 2.28. The van der Waals surface area contributed by atoms with Crippen LogP contribution < -0.4 is 5.32 Å². The first-order chi connectivity index (χ1) is 8.25. The Labute approximate surface area is 107 Å². The number of nitrogens with one attached hydrogen (secondary N) is 1. The molecule has 1 rings (SSSR count). The van der Waals surface area contributed by atoms with Crippen LogP contribution in [0.25, 0.3) is 0 Å². The first-order valence-electron chi connectivity index (χ1n) is 4.92. The Morgan fingerprint density at radius 3 is 2.56 bits per heavy atom. The first kappa shape index (κ1) is 14.4. The summed E-state index contributed by atoms with van der Waals surface area (Å²) in [5.74, 6) is -6.92. The molecule has 1 atom stereocenters. The van der Waals surface area contributed by atoms with Crippen LogP contribution in [0.5, 0.6) is 0 Å². The number of benzene rings is 1. The Balaban J connectivity index is 2.92. The van der Waals surface area contributed by atoms with Crippen LogP contribution in [0.1, 0.15) is 12.5 Å². The van der Waals surface area contributed by atoms with Gasteiger partial charge in [0.2, 0.25) is 0 Å². The van der Waals surface area contributed by atoms with Crippen molar-refractivity contribution in [2.45, 2.75) is 18.9 Å². The van der Waals surface area contributed by atoms with Crippen molar-refractivity contribution in [3.8, 4) is 0 Å². The van der Waals surface area contributed by atoms with E-state index in [1.807, 2.05) is 0 Å². The second kappa shape index (κ2) is 5.30. The number of carbonyl (C=O) groups is 2. The third-order valence-electron chi connectivity index (χ3n) is 2.19. The molecule has 0 aliphatic rings. The van der Waals surface area contributed by atoms with E-state index in [0.717, 1.165) is 19.1 Å². The molecule has 2 N–H and O–H groups in total. The van der Waals surface area contributed by atoms with Crippen LogP contribution >= 0.6 is 11.6 Å². The van der Waals surface area contributed by atoms with E-state index in [9.17, 15) is 18.4 Å². The molecule has 18 heavy (non-hydrogen) atoms. The number of aliphatic carboxylic acids is 1. The minimum Gasteiger partial charge on any atom is -0.480 e. The van der Waals surface area contributed by atoms with Gasteiger partial charge in [0.15, 0.2) is 0 Å². The Morgan fingerprint density at radius 1 is 1.44 bits per heavy atom. The Hall–Kier alpha value is -1.69. The number of halogens is 3. The molecular formula is C11H10ClF2NO3. The van der Waals surface area contributed by atoms with Gasteiger partial charge in [0, 0.05) is 10.6 Å². The van der Waals surface area contributed by atoms with Crippen LogP contribution in [0, 0.1) is 0 Å². The molecule has 0 spiro atoms. The maximum Gasteiger partial charge on any atom is 0.349 e. The minimum absolute atomic E-state index is 0.0614. The van der Waals surface area contributed by atoms with E-state index in [2.05, 4.69) is 0 Å². The third-order valence-corrected chi connectivity index (χ3v) is 2.43. The highest BCUT2D eigenvalue weighted by Crippen LogP contribution is 2.29. The number of carboxylic acids is 1. The molecular weight excluding hydrogens is 268 g/mol. The molecule has 0 unspecified atom stereocenters. The molecule has 98 valence electrons. The third kappa shape index (κ3) is 3.16. The molecule has 0 saturated carbocycles. The van der Waals surface area contributed by atoms with Gasteiger partial charge in [-0.3, -0.25) is 9.59 Å². The molecule has 0 aromatic heterocycles. The SMILES string of the molecule is C[C@@H](NC(=O)C(F)(F)c1cccc(Cl)c1)C(=O)O. The Bertz CT molecular complexity index is 479. The molecule has 0 saturated heterocycles. The molecule has 4 nitrogen and oxygen atoms in total. The lowest BCUT2D eigenvalue weighted by molar-refractivity contribution is -0.151. The van der Waals surface area contributed by atoms with E-state index in [1.165, 1.54) is 12.1 Å². The molecule has 1 aromatic carbocycles. The quantitative estimate of drug-likeness (QED) is 0.885. The maximum atomic E-state index is 13.7. The Kier molecular flexibility index (Phi) is 4.24. The minimum atomic E-state index is -3.84. The highest BCUT2D eigenvalue weighted by Gasteiger charge is 2.42. The number of alkyl halides is 2. The van der Waals surface area contributed by atoms with Crippen LogP contribution in [0.15, 0.2) is 24.3 Å². The van der Waals surface area contributed by atoms with Crippen molar-refractivity contribution in [1.29, 1.82) is 0 Å². The lowest BCUT2D eigenvalue weighted by atomic mass is 10.1. The van der Waals surface area contributed by atoms with Crippen molar-refractivity contribution in [2.24, 2.45) is 0 Å². The summed E-state index contributed by atoms with van der Waals surface area (Å²) in [5, 5.41) is 10.3. The largest absolute Gasteiger partial charge is 0.480 e. The van der Waals surface area contributed by atoms with Gasteiger partial charge in [-0.2, -0.15) is 8.78 Å². The standard InChI is InChI=1S/C11H10ClF2NO3/c1-6(9(16)17)15-10(18)11(13,14)7-3-2-4-8(12)5-7/h2-6H,1H3,(H,15,18)(H,16,17)/t6-/m1/s1. The van der Waals surface area contributed by atoms with Gasteiger partial charge in [0.25, 0.3) is 5.91 Å². The van der Waals surface area contributed by atoms with Crippen LogP contribution in [-0.4, -0.2) is 23.0 Å². The number of hydrogen-bond donors (Lipinski definition) is 2. The van der Waals surface area contributed by atoms with Gasteiger partial charge in [-0.15, -0.1) is 0 Å². The van der Waals surface area contributed by atoms with E-state index in [1.54, 1.807) is 5.32 Å². The number of rotatable bonds is 4. The number of carboxylic acid groups (broad SMARTS) is 1. The summed E-state index contributed by atoms with van der Waals surface area (Å²) in [6.07, 6.45) is 0. The van der Waals surface area contributed by atoms with Crippen molar-refractivity contribution in [2.75, 3.05) is 0 Å². The van der Waals surface area contributed by atoms with Crippen LogP contribution in [0.2, 0.25) is 5.02 Å². The molecule has 1 aromatic rings. The normalized spacial score (nSPS) is 12.9. The molecule has 0 aliphatic heterocycles. The zero-order chi connectivity index (χ0) is 13.9. The first-order valence-corrected chi connectivity index (χ1v) is 5.30. The molecule has 0 fully saturated rings. The highest BCUT2D eigenvalue weighted by molar-refractivity contribution is 6.30. The van der Waals surface area contributed by atoms with Gasteiger partial charge in [-0.1, -0.05) is 23.7 Å². The predicted octanol–water partition coefficient (Wildman–Crippen LogP) is 2.02. The summed E-state index contributed by atoms with van der Waals surface area (Å²) in [6, 6.07) is 3.25. The summed E-state index contributed by atoms with van der Waals surface area (Å²) in [4.78, 5) is 21.8. The van der Waals surface area contributed by atoms with Crippen molar-refractivity contribution in [1.82, 2.24) is 5.32 Å². The van der Waals surface area contributed by atoms with Crippen molar-refractivity contribution < 1.29 is 23.5 Å². The molecule has 1 amide bonds. The van der Waals surface area contributed by atoms with Crippen LogP contribution in [-0.2, 0) is 15.5 Å². The fraction of sp³-hybridized carbons (Fsp3) is 0.273. The average molecular weight is 278 g/mol. The molecule has 0 bridgehead atoms. The number of amides is 1. The Morgan fingerprint density at radius 2 is 2.06 bits per heavy atom. The van der Waals surface area contributed by atoms with Crippen LogP contribution in [0.4, 0.5) is 8.78 Å². The van der Waals surface area contributed by atoms with Crippen LogP contribution in [0.3, 0.4) is 0 Å². The fourth-order valence-electron chi connectivity index (χ4n) is 1.16.